The first-order valence-electron chi connectivity index (χ1n) is 9.13. The Balaban J connectivity index is 1.61. The maximum atomic E-state index is 13.1. The molecule has 140 valence electrons. The Morgan fingerprint density at radius 1 is 1.22 bits per heavy atom. The lowest BCUT2D eigenvalue weighted by Crippen LogP contribution is -2.30. The molecular weight excluding hydrogens is 362 g/mol. The first-order valence-corrected chi connectivity index (χ1v) is 9.51. The number of benzene rings is 1. The minimum atomic E-state index is -0.0681. The summed E-state index contributed by atoms with van der Waals surface area (Å²) in [5, 5.41) is 8.01. The molecule has 6 heteroatoms. The van der Waals surface area contributed by atoms with Crippen LogP contribution in [-0.2, 0) is 0 Å². The normalized spacial score (nSPS) is 15.0. The molecule has 0 spiro atoms. The Morgan fingerprint density at radius 2 is 1.93 bits per heavy atom. The van der Waals surface area contributed by atoms with Crippen molar-refractivity contribution in [1.29, 1.82) is 0 Å². The molecule has 1 unspecified atom stereocenters. The Morgan fingerprint density at radius 3 is 2.52 bits per heavy atom. The molecule has 1 saturated carbocycles. The second-order valence-corrected chi connectivity index (χ2v) is 7.69. The van der Waals surface area contributed by atoms with E-state index in [1.165, 1.54) is 0 Å². The molecule has 0 radical (unpaired) electrons. The Kier molecular flexibility index (Phi) is 4.56. The van der Waals surface area contributed by atoms with Crippen LogP contribution >= 0.6 is 11.6 Å². The number of rotatable bonds is 5. The smallest absolute Gasteiger partial charge is 0.253 e. The number of nitrogens with one attached hydrogen (secondary N) is 1. The van der Waals surface area contributed by atoms with Gasteiger partial charge in [-0.15, -0.1) is 0 Å². The van der Waals surface area contributed by atoms with Crippen molar-refractivity contribution < 1.29 is 9.32 Å². The SMILES string of the molecule is Cc1cc(-n2c(C)cc(C(=O)NC(c3ccc(Cl)cc3)C3CC3)c2C)no1. The first-order chi connectivity index (χ1) is 12.9. The van der Waals surface area contributed by atoms with Crippen molar-refractivity contribution in [2.75, 3.05) is 0 Å². The maximum absolute atomic E-state index is 13.1. The number of hydrogen-bond acceptors (Lipinski definition) is 3. The van der Waals surface area contributed by atoms with Crippen LogP contribution in [0.3, 0.4) is 0 Å². The summed E-state index contributed by atoms with van der Waals surface area (Å²) in [6.07, 6.45) is 2.26. The fourth-order valence-corrected chi connectivity index (χ4v) is 3.72. The van der Waals surface area contributed by atoms with E-state index in [1.807, 2.05) is 61.7 Å². The Hall–Kier alpha value is -2.53. The van der Waals surface area contributed by atoms with E-state index in [9.17, 15) is 4.79 Å². The van der Waals surface area contributed by atoms with Gasteiger partial charge in [-0.3, -0.25) is 9.36 Å². The van der Waals surface area contributed by atoms with E-state index in [2.05, 4.69) is 10.5 Å². The number of aryl methyl sites for hydroxylation is 2. The minimum absolute atomic E-state index is 0.00659. The number of carbonyl (C=O) groups is 1. The van der Waals surface area contributed by atoms with Crippen molar-refractivity contribution >= 4 is 17.5 Å². The van der Waals surface area contributed by atoms with E-state index >= 15 is 0 Å². The van der Waals surface area contributed by atoms with Crippen molar-refractivity contribution in [1.82, 2.24) is 15.0 Å². The minimum Gasteiger partial charge on any atom is -0.360 e. The highest BCUT2D eigenvalue weighted by Gasteiger charge is 2.34. The van der Waals surface area contributed by atoms with Gasteiger partial charge in [-0.25, -0.2) is 0 Å². The fourth-order valence-electron chi connectivity index (χ4n) is 3.60. The first kappa shape index (κ1) is 17.9. The van der Waals surface area contributed by atoms with Crippen molar-refractivity contribution in [2.24, 2.45) is 5.92 Å². The molecule has 1 N–H and O–H groups in total. The van der Waals surface area contributed by atoms with Gasteiger partial charge in [0.15, 0.2) is 5.82 Å². The summed E-state index contributed by atoms with van der Waals surface area (Å²) in [4.78, 5) is 13.1. The molecule has 1 amide bonds. The van der Waals surface area contributed by atoms with Crippen molar-refractivity contribution in [3.8, 4) is 5.82 Å². The summed E-state index contributed by atoms with van der Waals surface area (Å²) in [5.41, 5.74) is 3.55. The van der Waals surface area contributed by atoms with Gasteiger partial charge in [0.1, 0.15) is 5.76 Å². The lowest BCUT2D eigenvalue weighted by molar-refractivity contribution is 0.0931. The van der Waals surface area contributed by atoms with Crippen LogP contribution in [0.15, 0.2) is 40.9 Å². The summed E-state index contributed by atoms with van der Waals surface area (Å²) in [7, 11) is 0. The van der Waals surface area contributed by atoms with Crippen molar-refractivity contribution in [3.63, 3.8) is 0 Å². The van der Waals surface area contributed by atoms with Crippen LogP contribution in [-0.4, -0.2) is 15.6 Å². The zero-order valence-corrected chi connectivity index (χ0v) is 16.4. The predicted octanol–water partition coefficient (Wildman–Crippen LogP) is 4.93. The number of aromatic nitrogens is 2. The van der Waals surface area contributed by atoms with Crippen LogP contribution in [0.5, 0.6) is 0 Å². The second-order valence-electron chi connectivity index (χ2n) is 7.26. The summed E-state index contributed by atoms with van der Waals surface area (Å²) in [6.45, 7) is 5.75. The molecule has 1 aliphatic rings. The Bertz CT molecular complexity index is 984. The number of carbonyl (C=O) groups excluding carboxylic acids is 1. The van der Waals surface area contributed by atoms with Crippen LogP contribution in [0.25, 0.3) is 5.82 Å². The van der Waals surface area contributed by atoms with E-state index in [1.54, 1.807) is 0 Å². The number of amides is 1. The van der Waals surface area contributed by atoms with Crippen molar-refractivity contribution in [2.45, 2.75) is 39.7 Å². The molecule has 4 rings (SSSR count). The molecule has 2 aromatic heterocycles. The summed E-state index contributed by atoms with van der Waals surface area (Å²) in [5.74, 6) is 1.84. The highest BCUT2D eigenvalue weighted by molar-refractivity contribution is 6.30. The molecule has 2 heterocycles. The van der Waals surface area contributed by atoms with Gasteiger partial charge in [0.2, 0.25) is 0 Å². The lowest BCUT2D eigenvalue weighted by Gasteiger charge is -2.19. The quantitative estimate of drug-likeness (QED) is 0.679. The Labute approximate surface area is 163 Å². The molecule has 1 atom stereocenters. The zero-order chi connectivity index (χ0) is 19.1. The average Bonchev–Trinajstić information content (AvgIpc) is 3.32. The van der Waals surface area contributed by atoms with Crippen LogP contribution in [0.4, 0.5) is 0 Å². The largest absolute Gasteiger partial charge is 0.360 e. The highest BCUT2D eigenvalue weighted by Crippen LogP contribution is 2.41. The van der Waals surface area contributed by atoms with Gasteiger partial charge in [0.25, 0.3) is 5.91 Å². The maximum Gasteiger partial charge on any atom is 0.253 e. The third-order valence-corrected chi connectivity index (χ3v) is 5.38. The predicted molar refractivity (Wildman–Crippen MR) is 104 cm³/mol. The summed E-state index contributed by atoms with van der Waals surface area (Å²) >= 11 is 6.01. The molecule has 1 fully saturated rings. The van der Waals surface area contributed by atoms with Crippen LogP contribution in [0, 0.1) is 26.7 Å². The fraction of sp³-hybridized carbons (Fsp3) is 0.333. The topological polar surface area (TPSA) is 60.1 Å². The van der Waals surface area contributed by atoms with Crippen LogP contribution in [0.2, 0.25) is 5.02 Å². The third kappa shape index (κ3) is 3.52. The molecule has 5 nitrogen and oxygen atoms in total. The van der Waals surface area contributed by atoms with Gasteiger partial charge in [-0.05, 0) is 63.3 Å². The molecule has 0 bridgehead atoms. The molecule has 27 heavy (non-hydrogen) atoms. The van der Waals surface area contributed by atoms with Crippen molar-refractivity contribution in [3.05, 3.63) is 69.7 Å². The zero-order valence-electron chi connectivity index (χ0n) is 15.6. The van der Waals surface area contributed by atoms with Crippen LogP contribution < -0.4 is 5.32 Å². The molecule has 0 saturated heterocycles. The lowest BCUT2D eigenvalue weighted by atomic mass is 10.0. The molecule has 3 aromatic rings. The van der Waals surface area contributed by atoms with Gasteiger partial charge in [-0.2, -0.15) is 0 Å². The standard InChI is InChI=1S/C21H22ClN3O2/c1-12-10-18(14(3)25(12)19-11-13(2)27-24-19)21(26)23-20(15-4-5-15)16-6-8-17(22)9-7-16/h6-11,15,20H,4-5H2,1-3H3,(H,23,26). The van der Waals surface area contributed by atoms with E-state index in [-0.39, 0.29) is 11.9 Å². The van der Waals surface area contributed by atoms with Gasteiger partial charge in [-0.1, -0.05) is 28.9 Å². The number of halogens is 1. The monoisotopic (exact) mass is 383 g/mol. The van der Waals surface area contributed by atoms with E-state index in [4.69, 9.17) is 16.1 Å². The van der Waals surface area contributed by atoms with Gasteiger partial charge in [0.05, 0.1) is 11.6 Å². The van der Waals surface area contributed by atoms with E-state index in [0.717, 1.165) is 35.6 Å². The van der Waals surface area contributed by atoms with Gasteiger partial charge < -0.3 is 9.84 Å². The molecule has 1 aliphatic carbocycles. The van der Waals surface area contributed by atoms with Gasteiger partial charge in [0, 0.05) is 22.5 Å². The summed E-state index contributed by atoms with van der Waals surface area (Å²) < 4.78 is 7.13. The van der Waals surface area contributed by atoms with Crippen LogP contribution in [0.1, 0.15) is 52.0 Å². The molecule has 0 aliphatic heterocycles. The van der Waals surface area contributed by atoms with Gasteiger partial charge >= 0.3 is 0 Å². The average molecular weight is 384 g/mol. The summed E-state index contributed by atoms with van der Waals surface area (Å²) in [6, 6.07) is 11.5. The number of nitrogens with zero attached hydrogens (tertiary/aromatic N) is 2. The molecule has 1 aromatic carbocycles. The molecular formula is C21H22ClN3O2. The van der Waals surface area contributed by atoms with E-state index in [0.29, 0.717) is 22.3 Å². The second kappa shape index (κ2) is 6.89. The van der Waals surface area contributed by atoms with E-state index < -0.39 is 0 Å². The third-order valence-electron chi connectivity index (χ3n) is 5.13. The number of hydrogen-bond donors (Lipinski definition) is 1. The highest BCUT2D eigenvalue weighted by atomic mass is 35.5.